The molecule has 7 nitrogen and oxygen atoms in total. The fourth-order valence-electron chi connectivity index (χ4n) is 1.98. The third kappa shape index (κ3) is 4.63. The molecule has 25 heavy (non-hydrogen) atoms. The Morgan fingerprint density at radius 2 is 1.48 bits per heavy atom. The predicted octanol–water partition coefficient (Wildman–Crippen LogP) is 3.46. The molecule has 0 aliphatic rings. The first-order valence-corrected chi connectivity index (χ1v) is 7.46. The molecular formula is C18H18O7. The van der Waals surface area contributed by atoms with Crippen LogP contribution in [-0.4, -0.2) is 33.0 Å². The van der Waals surface area contributed by atoms with E-state index in [0.29, 0.717) is 11.5 Å². The Morgan fingerprint density at radius 1 is 0.840 bits per heavy atom. The van der Waals surface area contributed by atoms with Crippen LogP contribution < -0.4 is 18.9 Å². The van der Waals surface area contributed by atoms with Crippen molar-refractivity contribution < 1.29 is 33.3 Å². The standard InChI is InChI=1S/C18H18O7/c1-4-23-18(20)25-15-10-9-12(11-16(15)22-3)17(19)24-14-8-6-5-7-13(14)21-2/h5-11H,4H2,1-3H3. The second kappa shape index (κ2) is 8.58. The molecule has 0 aliphatic carbocycles. The van der Waals surface area contributed by atoms with Gasteiger partial charge in [-0.05, 0) is 37.3 Å². The lowest BCUT2D eigenvalue weighted by atomic mass is 10.2. The van der Waals surface area contributed by atoms with Gasteiger partial charge < -0.3 is 23.7 Å². The summed E-state index contributed by atoms with van der Waals surface area (Å²) in [7, 11) is 2.87. The van der Waals surface area contributed by atoms with E-state index < -0.39 is 12.1 Å². The molecule has 0 fully saturated rings. The van der Waals surface area contributed by atoms with Gasteiger partial charge >= 0.3 is 12.1 Å². The van der Waals surface area contributed by atoms with E-state index in [1.807, 2.05) is 0 Å². The van der Waals surface area contributed by atoms with Crippen LogP contribution in [0.4, 0.5) is 4.79 Å². The lowest BCUT2D eigenvalue weighted by Crippen LogP contribution is -2.12. The summed E-state index contributed by atoms with van der Waals surface area (Å²) in [4.78, 5) is 23.7. The Balaban J connectivity index is 2.19. The predicted molar refractivity (Wildman–Crippen MR) is 88.6 cm³/mol. The summed E-state index contributed by atoms with van der Waals surface area (Å²) in [6, 6.07) is 11.1. The minimum Gasteiger partial charge on any atom is -0.493 e. The summed E-state index contributed by atoms with van der Waals surface area (Å²) >= 11 is 0. The molecule has 0 atom stereocenters. The molecule has 0 spiro atoms. The molecule has 0 aromatic heterocycles. The molecule has 0 aliphatic heterocycles. The first kappa shape index (κ1) is 18.1. The summed E-state index contributed by atoms with van der Waals surface area (Å²) in [5.41, 5.74) is 0.221. The maximum Gasteiger partial charge on any atom is 0.513 e. The Kier molecular flexibility index (Phi) is 6.22. The molecule has 0 saturated carbocycles. The molecule has 0 radical (unpaired) electrons. The van der Waals surface area contributed by atoms with Gasteiger partial charge in [-0.3, -0.25) is 0 Å². The number of ether oxygens (including phenoxy) is 5. The number of rotatable bonds is 6. The van der Waals surface area contributed by atoms with E-state index in [2.05, 4.69) is 0 Å². The molecule has 2 aromatic rings. The highest BCUT2D eigenvalue weighted by molar-refractivity contribution is 5.92. The second-order valence-corrected chi connectivity index (χ2v) is 4.69. The number of carbonyl (C=O) groups excluding carboxylic acids is 2. The molecule has 132 valence electrons. The van der Waals surface area contributed by atoms with Crippen molar-refractivity contribution in [1.82, 2.24) is 0 Å². The Hall–Kier alpha value is -3.22. The normalized spacial score (nSPS) is 9.88. The van der Waals surface area contributed by atoms with Crippen LogP contribution in [0.25, 0.3) is 0 Å². The van der Waals surface area contributed by atoms with Crippen LogP contribution in [0.15, 0.2) is 42.5 Å². The Morgan fingerprint density at radius 3 is 2.12 bits per heavy atom. The highest BCUT2D eigenvalue weighted by atomic mass is 16.7. The van der Waals surface area contributed by atoms with Crippen molar-refractivity contribution in [2.75, 3.05) is 20.8 Å². The summed E-state index contributed by atoms with van der Waals surface area (Å²) in [6.07, 6.45) is -0.856. The number of methoxy groups -OCH3 is 2. The lowest BCUT2D eigenvalue weighted by molar-refractivity contribution is 0.0729. The zero-order valence-electron chi connectivity index (χ0n) is 14.1. The van der Waals surface area contributed by atoms with Crippen molar-refractivity contribution in [3.05, 3.63) is 48.0 Å². The third-order valence-electron chi connectivity index (χ3n) is 3.13. The van der Waals surface area contributed by atoms with Gasteiger partial charge in [-0.2, -0.15) is 0 Å². The zero-order chi connectivity index (χ0) is 18.2. The van der Waals surface area contributed by atoms with Crippen LogP contribution in [0.5, 0.6) is 23.0 Å². The van der Waals surface area contributed by atoms with Gasteiger partial charge in [0.2, 0.25) is 0 Å². The van der Waals surface area contributed by atoms with Gasteiger partial charge in [-0.15, -0.1) is 0 Å². The number of benzene rings is 2. The third-order valence-corrected chi connectivity index (χ3v) is 3.13. The Labute approximate surface area is 145 Å². The van der Waals surface area contributed by atoms with Crippen LogP contribution in [-0.2, 0) is 4.74 Å². The zero-order valence-corrected chi connectivity index (χ0v) is 14.1. The molecule has 2 rings (SSSR count). The summed E-state index contributed by atoms with van der Waals surface area (Å²) < 4.78 is 25.3. The van der Waals surface area contributed by atoms with E-state index in [0.717, 1.165) is 0 Å². The number of hydrogen-bond donors (Lipinski definition) is 0. The maximum absolute atomic E-state index is 12.3. The van der Waals surface area contributed by atoms with Crippen LogP contribution in [0.3, 0.4) is 0 Å². The molecule has 7 heteroatoms. The van der Waals surface area contributed by atoms with E-state index in [9.17, 15) is 9.59 Å². The van der Waals surface area contributed by atoms with Crippen molar-refractivity contribution in [3.63, 3.8) is 0 Å². The minimum absolute atomic E-state index is 0.134. The molecule has 0 amide bonds. The number of esters is 1. The molecule has 0 bridgehead atoms. The first-order valence-electron chi connectivity index (χ1n) is 7.46. The van der Waals surface area contributed by atoms with Gasteiger partial charge in [0.05, 0.1) is 26.4 Å². The van der Waals surface area contributed by atoms with E-state index in [1.165, 1.54) is 32.4 Å². The van der Waals surface area contributed by atoms with Crippen LogP contribution in [0.1, 0.15) is 17.3 Å². The number of carbonyl (C=O) groups is 2. The number of para-hydroxylation sites is 2. The van der Waals surface area contributed by atoms with E-state index in [4.69, 9.17) is 23.7 Å². The van der Waals surface area contributed by atoms with Crippen molar-refractivity contribution in [2.24, 2.45) is 0 Å². The summed E-state index contributed by atoms with van der Waals surface area (Å²) in [5, 5.41) is 0. The smallest absolute Gasteiger partial charge is 0.493 e. The van der Waals surface area contributed by atoms with Crippen molar-refractivity contribution in [2.45, 2.75) is 6.92 Å². The summed E-state index contributed by atoms with van der Waals surface area (Å²) in [5.74, 6) is 0.453. The van der Waals surface area contributed by atoms with E-state index in [-0.39, 0.29) is 23.7 Å². The Bertz CT molecular complexity index is 755. The van der Waals surface area contributed by atoms with Crippen LogP contribution >= 0.6 is 0 Å². The maximum atomic E-state index is 12.3. The highest BCUT2D eigenvalue weighted by Gasteiger charge is 2.17. The lowest BCUT2D eigenvalue weighted by Gasteiger charge is -2.11. The molecule has 0 saturated heterocycles. The topological polar surface area (TPSA) is 80.3 Å². The average Bonchev–Trinajstić information content (AvgIpc) is 2.62. The van der Waals surface area contributed by atoms with Gasteiger partial charge in [-0.1, -0.05) is 12.1 Å². The van der Waals surface area contributed by atoms with Crippen LogP contribution in [0, 0.1) is 0 Å². The first-order chi connectivity index (χ1) is 12.1. The highest BCUT2D eigenvalue weighted by Crippen LogP contribution is 2.30. The average molecular weight is 346 g/mol. The van der Waals surface area contributed by atoms with Crippen LogP contribution in [0.2, 0.25) is 0 Å². The van der Waals surface area contributed by atoms with Crippen molar-refractivity contribution >= 4 is 12.1 Å². The SMILES string of the molecule is CCOC(=O)Oc1ccc(C(=O)Oc2ccccc2OC)cc1OC. The van der Waals surface area contributed by atoms with Gasteiger partial charge in [0.1, 0.15) is 0 Å². The fraction of sp³-hybridized carbons (Fsp3) is 0.222. The van der Waals surface area contributed by atoms with Gasteiger partial charge in [0, 0.05) is 0 Å². The molecule has 0 unspecified atom stereocenters. The van der Waals surface area contributed by atoms with Gasteiger partial charge in [-0.25, -0.2) is 9.59 Å². The molecule has 0 heterocycles. The molecule has 2 aromatic carbocycles. The number of hydrogen-bond acceptors (Lipinski definition) is 7. The van der Waals surface area contributed by atoms with Gasteiger partial charge in [0.15, 0.2) is 23.0 Å². The van der Waals surface area contributed by atoms with E-state index in [1.54, 1.807) is 31.2 Å². The van der Waals surface area contributed by atoms with Gasteiger partial charge in [0.25, 0.3) is 0 Å². The molecule has 0 N–H and O–H groups in total. The fourth-order valence-corrected chi connectivity index (χ4v) is 1.98. The van der Waals surface area contributed by atoms with E-state index >= 15 is 0 Å². The van der Waals surface area contributed by atoms with Crippen molar-refractivity contribution in [3.8, 4) is 23.0 Å². The monoisotopic (exact) mass is 346 g/mol. The molecular weight excluding hydrogens is 328 g/mol. The summed E-state index contributed by atoms with van der Waals surface area (Å²) in [6.45, 7) is 1.85. The minimum atomic E-state index is -0.856. The largest absolute Gasteiger partial charge is 0.513 e. The second-order valence-electron chi connectivity index (χ2n) is 4.69. The quantitative estimate of drug-likeness (QED) is 0.450. The van der Waals surface area contributed by atoms with Crippen molar-refractivity contribution in [1.29, 1.82) is 0 Å².